The van der Waals surface area contributed by atoms with Crippen LogP contribution in [0.2, 0.25) is 0 Å². The number of phenolic OH excluding ortho intramolecular Hbond substituents is 1. The summed E-state index contributed by atoms with van der Waals surface area (Å²) in [4.78, 5) is 38.0. The Morgan fingerprint density at radius 2 is 0.807 bits per heavy atom. The highest BCUT2D eigenvalue weighted by Gasteiger charge is 2.40. The van der Waals surface area contributed by atoms with Crippen LogP contribution in [-0.4, -0.2) is 228 Å². The van der Waals surface area contributed by atoms with E-state index in [9.17, 15) is 5.11 Å². The van der Waals surface area contributed by atoms with Gasteiger partial charge in [-0.1, -0.05) is 6.08 Å². The number of nitrogens with zero attached hydrogens (tertiary/aromatic N) is 10. The molecule has 802 valence electrons. The Bertz CT molecular complexity index is 6660. The zero-order valence-corrected chi connectivity index (χ0v) is 92.8. The second kappa shape index (κ2) is 46.4. The number of fused-ring (bicyclic) bond motifs is 15. The maximum Gasteiger partial charge on any atom is 0.163 e. The van der Waals surface area contributed by atoms with Crippen molar-refractivity contribution in [2.24, 2.45) is 0 Å². The van der Waals surface area contributed by atoms with Crippen molar-refractivity contribution in [3.63, 3.8) is 0 Å². The molecule has 7 aromatic heterocycles. The molecule has 25 heteroatoms. The molecule has 150 heavy (non-hydrogen) atoms. The number of methoxy groups -OCH3 is 1. The number of nitrogens with one attached hydrogen (secondary N) is 5. The molecule has 0 bridgehead atoms. The van der Waals surface area contributed by atoms with Gasteiger partial charge in [-0.05, 0) is 425 Å². The van der Waals surface area contributed by atoms with Gasteiger partial charge < -0.3 is 98.2 Å². The number of benzene rings is 5. The standard InChI is InChI=1S/2C26H33N3O2.C26H35N3O2.C25H35N3O2.C22H31N3O2/c1-17-14-19-21(15-23(17)30-13-7-12-29-10-5-6-11-29)27-25(22-9-8-18(2)31-22)20-16-26(3,4)28-24(19)20;1-17-12-20-22(14-23(17)30-11-7-10-29-8-5-6-9-29)27-24(19-13-18(2)31-16-19)21-15-26(3,4)28-25(20)21;1-26(2)17-20-24(18-9-4-5-10-18)27-21-16-23(22(30-3)15-19(21)25(20)28-26)31-14-8-13-29-11-6-7-12-29;1-17-14-18-20(15-22(17)30-13-7-11-28-9-4-5-10-28)26-24(21-8-6-12-29-21)19-16-25(2,3)27-23(18)19;1-15(2)23-22-17-8-5-7-16(17)18-13-20(26)21(14-19(18)24-22)27-12-6-11-25-9-3-4-10-25/h8-9,14-15,28H,5-7,10-13,16H2,1-4H3;12-14,16,28H,5-11,15H2,1-4H3;9,15-16,28H,4-8,10-14,17H2,1-3H3;14-15,21,27H,4-13,16H2,1-3H3;13-15,26H,3-12H2,1-2H3,(H,23,24). The van der Waals surface area contributed by atoms with Crippen LogP contribution in [0.5, 0.6) is 40.2 Å². The molecule has 6 saturated heterocycles. The molecule has 5 aromatic carbocycles. The third-order valence-electron chi connectivity index (χ3n) is 32.4. The Labute approximate surface area is 890 Å². The van der Waals surface area contributed by atoms with Crippen LogP contribution in [0.1, 0.15) is 283 Å². The van der Waals surface area contributed by atoms with Gasteiger partial charge in [-0.2, -0.15) is 0 Å². The fourth-order valence-electron chi connectivity index (χ4n) is 25.0. The second-order valence-electron chi connectivity index (χ2n) is 47.6. The topological polar surface area (TPSA) is 252 Å². The molecule has 0 radical (unpaired) electrons. The minimum Gasteiger partial charge on any atom is -0.504 e. The Balaban J connectivity index is 0.000000113. The second-order valence-corrected chi connectivity index (χ2v) is 47.6. The average molecular weight is 2040 g/mol. The van der Waals surface area contributed by atoms with E-state index in [-0.39, 0.29) is 34.0 Å². The minimum absolute atomic E-state index is 0.00444. The first-order chi connectivity index (χ1) is 72.4. The molecule has 24 rings (SSSR count). The zero-order chi connectivity index (χ0) is 104. The lowest BCUT2D eigenvalue weighted by Crippen LogP contribution is -2.27. The van der Waals surface area contributed by atoms with Crippen LogP contribution in [0.3, 0.4) is 0 Å². The molecule has 2 aliphatic carbocycles. The van der Waals surface area contributed by atoms with Crippen LogP contribution < -0.4 is 55.0 Å². The molecule has 6 N–H and O–H groups in total. The average Bonchev–Trinajstić information content (AvgIpc) is 1.52. The number of hydrogen-bond donors (Lipinski definition) is 6. The summed E-state index contributed by atoms with van der Waals surface area (Å²) < 4.78 is 54.1. The van der Waals surface area contributed by atoms with Crippen LogP contribution in [0, 0.1) is 34.6 Å². The Hall–Kier alpha value is -11.2. The lowest BCUT2D eigenvalue weighted by atomic mass is 9.95. The number of hydrogen-bond acceptors (Lipinski definition) is 25. The first-order valence-corrected chi connectivity index (χ1v) is 57.2. The van der Waals surface area contributed by atoms with E-state index < -0.39 is 0 Å². The van der Waals surface area contributed by atoms with E-state index in [2.05, 4.69) is 202 Å². The molecule has 6 fully saturated rings. The Kier molecular flexibility index (Phi) is 32.7. The third-order valence-corrected chi connectivity index (χ3v) is 32.4. The molecule has 0 amide bonds. The number of rotatable bonds is 32. The Morgan fingerprint density at radius 1 is 0.400 bits per heavy atom. The van der Waals surface area contributed by atoms with Crippen molar-refractivity contribution in [3.8, 4) is 63.0 Å². The number of furan rings is 2. The normalized spacial score (nSPS) is 19.2. The molecule has 17 heterocycles. The number of pyridine rings is 5. The van der Waals surface area contributed by atoms with Gasteiger partial charge in [0.25, 0.3) is 0 Å². The number of likely N-dealkylation sites (tertiary alicyclic amines) is 5. The smallest absolute Gasteiger partial charge is 0.163 e. The lowest BCUT2D eigenvalue weighted by molar-refractivity contribution is 0.108. The summed E-state index contributed by atoms with van der Waals surface area (Å²) in [5.41, 5.74) is 27.9. The molecule has 10 aliphatic heterocycles. The molecular formula is C125H167N15O10. The number of aromatic nitrogens is 5. The largest absolute Gasteiger partial charge is 0.504 e. The van der Waals surface area contributed by atoms with Gasteiger partial charge >= 0.3 is 0 Å². The van der Waals surface area contributed by atoms with E-state index in [1.54, 1.807) is 7.11 Å². The number of ether oxygens (including phenoxy) is 7. The summed E-state index contributed by atoms with van der Waals surface area (Å²) in [5.74, 6) is 8.83. The van der Waals surface area contributed by atoms with Crippen molar-refractivity contribution in [2.45, 2.75) is 312 Å². The van der Waals surface area contributed by atoms with Crippen molar-refractivity contribution >= 4 is 88.7 Å². The highest BCUT2D eigenvalue weighted by atomic mass is 16.5. The summed E-state index contributed by atoms with van der Waals surface area (Å²) in [7, 11) is 1.72. The van der Waals surface area contributed by atoms with E-state index in [1.165, 1.54) is 220 Å². The van der Waals surface area contributed by atoms with Crippen LogP contribution in [-0.2, 0) is 43.3 Å². The minimum atomic E-state index is -0.00661. The van der Waals surface area contributed by atoms with Crippen LogP contribution >= 0.6 is 0 Å². The predicted octanol–water partition coefficient (Wildman–Crippen LogP) is 26.0. The maximum absolute atomic E-state index is 10.5. The zero-order valence-electron chi connectivity index (χ0n) is 92.8. The molecule has 12 aromatic rings. The first-order valence-electron chi connectivity index (χ1n) is 57.2. The van der Waals surface area contributed by atoms with Crippen LogP contribution in [0.15, 0.2) is 100 Å². The molecule has 1 unspecified atom stereocenters. The summed E-state index contributed by atoms with van der Waals surface area (Å²) in [6, 6.07) is 27.5. The van der Waals surface area contributed by atoms with E-state index >= 15 is 0 Å². The molecule has 25 nitrogen and oxygen atoms in total. The van der Waals surface area contributed by atoms with Crippen molar-refractivity contribution in [1.29, 1.82) is 0 Å². The molecule has 1 atom stereocenters. The summed E-state index contributed by atoms with van der Waals surface area (Å²) in [6.07, 6.45) is 35.7. The van der Waals surface area contributed by atoms with E-state index in [0.29, 0.717) is 25.0 Å². The fraction of sp³-hybridized carbons (Fsp3) is 0.560. The highest BCUT2D eigenvalue weighted by Crippen LogP contribution is 2.52. The number of allylic oxidation sites excluding steroid dienone is 2. The van der Waals surface area contributed by atoms with E-state index in [4.69, 9.17) is 66.9 Å². The van der Waals surface area contributed by atoms with Gasteiger partial charge in [-0.3, -0.25) is 0 Å². The summed E-state index contributed by atoms with van der Waals surface area (Å²) in [6.45, 7) is 55.0. The number of aryl methyl sites for hydroxylation is 6. The van der Waals surface area contributed by atoms with Crippen LogP contribution in [0.25, 0.3) is 82.8 Å². The predicted molar refractivity (Wildman–Crippen MR) is 611 cm³/mol. The third kappa shape index (κ3) is 24.8. The fourth-order valence-corrected chi connectivity index (χ4v) is 25.0. The summed E-state index contributed by atoms with van der Waals surface area (Å²) in [5, 5.41) is 34.7. The first kappa shape index (κ1) is 106. The van der Waals surface area contributed by atoms with Crippen molar-refractivity contribution in [2.75, 3.05) is 172 Å². The molecule has 12 aliphatic rings. The van der Waals surface area contributed by atoms with E-state index in [1.807, 2.05) is 44.4 Å². The van der Waals surface area contributed by atoms with Gasteiger partial charge in [-0.25, -0.2) is 24.9 Å². The van der Waals surface area contributed by atoms with Crippen molar-refractivity contribution < 1.29 is 47.1 Å². The number of phenols is 1. The van der Waals surface area contributed by atoms with Crippen LogP contribution in [0.4, 0.5) is 28.6 Å². The van der Waals surface area contributed by atoms with Gasteiger partial charge in [0.05, 0.1) is 90.9 Å². The highest BCUT2D eigenvalue weighted by molar-refractivity contribution is 6.03. The molecular weight excluding hydrogens is 1870 g/mol. The lowest BCUT2D eigenvalue weighted by Gasteiger charge is -2.19. The maximum atomic E-state index is 10.5. The van der Waals surface area contributed by atoms with Gasteiger partial charge in [0, 0.05) is 175 Å². The van der Waals surface area contributed by atoms with Crippen molar-refractivity contribution in [1.82, 2.24) is 49.4 Å². The van der Waals surface area contributed by atoms with Gasteiger partial charge in [-0.15, -0.1) is 0 Å². The quantitative estimate of drug-likeness (QED) is 0.0214. The monoisotopic (exact) mass is 2040 g/mol. The summed E-state index contributed by atoms with van der Waals surface area (Å²) >= 11 is 0. The number of aromatic hydroxyl groups is 1. The molecule has 0 spiro atoms. The van der Waals surface area contributed by atoms with Gasteiger partial charge in [0.1, 0.15) is 46.5 Å². The number of anilines is 5. The van der Waals surface area contributed by atoms with Gasteiger partial charge in [0.15, 0.2) is 28.8 Å². The van der Waals surface area contributed by atoms with E-state index in [0.717, 1.165) is 291 Å². The van der Waals surface area contributed by atoms with Gasteiger partial charge in [0.2, 0.25) is 0 Å². The SMILES string of the molecule is CC(C)Nc1nc2cc(OCCCN3CCCC3)c(O)cc2c2c1CCC2.COc1cc2c3c(c(C4=CCCC4)nc2cc1OCCCN1CCCC1)CC(C)(C)N3.Cc1cc(-c2nc3cc(OCCCN4CCCC4)c(C)cc3c3c2CC(C)(C)N3)co1.Cc1cc2c3c(c(C4CCCO4)nc2cc1OCCCN1CCCC1)CC(C)(C)N3.Cc1ccc(-c2nc3cc(OCCCN4CCCC4)c(C)cc3c3c2CC(C)(C)N3)o1. The Morgan fingerprint density at radius 3 is 1.24 bits per heavy atom. The molecule has 0 saturated carbocycles. The van der Waals surface area contributed by atoms with Crippen molar-refractivity contribution in [3.05, 3.63) is 164 Å².